The van der Waals surface area contributed by atoms with Crippen LogP contribution < -0.4 is 10.9 Å². The van der Waals surface area contributed by atoms with Crippen molar-refractivity contribution >= 4 is 33.5 Å². The van der Waals surface area contributed by atoms with Gasteiger partial charge in [-0.15, -0.1) is 0 Å². The van der Waals surface area contributed by atoms with Crippen molar-refractivity contribution in [3.05, 3.63) is 27.1 Å². The first-order chi connectivity index (χ1) is 8.90. The van der Waals surface area contributed by atoms with E-state index >= 15 is 0 Å². The van der Waals surface area contributed by atoms with Gasteiger partial charge in [-0.1, -0.05) is 0 Å². The monoisotopic (exact) mass is 330 g/mol. The van der Waals surface area contributed by atoms with Gasteiger partial charge in [-0.2, -0.15) is 0 Å². The number of unbranched alkanes of at least 4 members (excludes halogenated alkanes) is 1. The molecule has 0 aliphatic carbocycles. The third-order valence-corrected chi connectivity index (χ3v) is 3.04. The zero-order chi connectivity index (χ0) is 14.4. The van der Waals surface area contributed by atoms with Crippen LogP contribution in [0, 0.1) is 0 Å². The van der Waals surface area contributed by atoms with Gasteiger partial charge in [0.25, 0.3) is 5.56 Å². The van der Waals surface area contributed by atoms with E-state index in [0.29, 0.717) is 23.0 Å². The molecule has 19 heavy (non-hydrogen) atoms. The van der Waals surface area contributed by atoms with Gasteiger partial charge in [0.05, 0.1) is 10.2 Å². The van der Waals surface area contributed by atoms with Gasteiger partial charge in [-0.25, -0.2) is 0 Å². The minimum Gasteiger partial charge on any atom is -0.481 e. The molecule has 6 nitrogen and oxygen atoms in total. The summed E-state index contributed by atoms with van der Waals surface area (Å²) in [5, 5.41) is 11.1. The molecule has 0 saturated heterocycles. The van der Waals surface area contributed by atoms with Crippen LogP contribution in [0.4, 0.5) is 5.69 Å². The summed E-state index contributed by atoms with van der Waals surface area (Å²) in [7, 11) is 1.59. The molecule has 0 atom stereocenters. The van der Waals surface area contributed by atoms with Crippen LogP contribution in [0.15, 0.2) is 21.5 Å². The number of amides is 1. The number of halogens is 1. The van der Waals surface area contributed by atoms with Crippen LogP contribution in [0.3, 0.4) is 0 Å². The number of aromatic nitrogens is 1. The van der Waals surface area contributed by atoms with E-state index in [1.54, 1.807) is 7.05 Å². The van der Waals surface area contributed by atoms with Crippen molar-refractivity contribution in [3.8, 4) is 0 Å². The Bertz CT molecular complexity index is 513. The number of carboxylic acids is 1. The van der Waals surface area contributed by atoms with Crippen LogP contribution in [-0.4, -0.2) is 21.6 Å². The number of carboxylic acid groups (broad SMARTS) is 1. The maximum atomic E-state index is 11.6. The third-order valence-electron chi connectivity index (χ3n) is 2.47. The van der Waals surface area contributed by atoms with Gasteiger partial charge in [0.15, 0.2) is 0 Å². The standard InChI is InChI=1S/C12H15BrN2O4/c1-15-7-8(6-9(13)12(15)19)14-10(16)4-2-3-5-11(17)18/h6-7H,2-5H2,1H3,(H,14,16)(H,17,18). The number of carbonyl (C=O) groups excluding carboxylic acids is 1. The van der Waals surface area contributed by atoms with Gasteiger partial charge < -0.3 is 15.0 Å². The van der Waals surface area contributed by atoms with Gasteiger partial charge in [0.2, 0.25) is 5.91 Å². The largest absolute Gasteiger partial charge is 0.481 e. The molecule has 1 aromatic rings. The molecule has 0 bridgehead atoms. The topological polar surface area (TPSA) is 88.4 Å². The fraction of sp³-hybridized carbons (Fsp3) is 0.417. The van der Waals surface area contributed by atoms with Crippen LogP contribution in [0.1, 0.15) is 25.7 Å². The number of nitrogens with one attached hydrogen (secondary N) is 1. The lowest BCUT2D eigenvalue weighted by Crippen LogP contribution is -2.19. The van der Waals surface area contributed by atoms with Gasteiger partial charge in [-0.05, 0) is 34.8 Å². The van der Waals surface area contributed by atoms with Crippen molar-refractivity contribution in [2.45, 2.75) is 25.7 Å². The Morgan fingerprint density at radius 1 is 1.37 bits per heavy atom. The third kappa shape index (κ3) is 5.25. The summed E-state index contributed by atoms with van der Waals surface area (Å²) in [6.07, 6.45) is 2.85. The van der Waals surface area contributed by atoms with Crippen molar-refractivity contribution in [2.24, 2.45) is 7.05 Å². The summed E-state index contributed by atoms with van der Waals surface area (Å²) in [6, 6.07) is 1.54. The second kappa shape index (κ2) is 7.08. The average molecular weight is 331 g/mol. The normalized spacial score (nSPS) is 10.2. The summed E-state index contributed by atoms with van der Waals surface area (Å²) in [5.41, 5.74) is 0.344. The van der Waals surface area contributed by atoms with E-state index in [1.165, 1.54) is 16.8 Å². The highest BCUT2D eigenvalue weighted by molar-refractivity contribution is 9.10. The zero-order valence-corrected chi connectivity index (χ0v) is 12.1. The Morgan fingerprint density at radius 3 is 2.58 bits per heavy atom. The summed E-state index contributed by atoms with van der Waals surface area (Å²) >= 11 is 3.12. The second-order valence-electron chi connectivity index (χ2n) is 4.14. The van der Waals surface area contributed by atoms with Gasteiger partial charge in [0.1, 0.15) is 0 Å². The van der Waals surface area contributed by atoms with Crippen LogP contribution >= 0.6 is 15.9 Å². The second-order valence-corrected chi connectivity index (χ2v) is 5.00. The Kier molecular flexibility index (Phi) is 5.75. The zero-order valence-electron chi connectivity index (χ0n) is 10.5. The van der Waals surface area contributed by atoms with Gasteiger partial charge in [0, 0.05) is 26.1 Å². The molecule has 0 aromatic carbocycles. The van der Waals surface area contributed by atoms with E-state index in [9.17, 15) is 14.4 Å². The molecule has 7 heteroatoms. The van der Waals surface area contributed by atoms with Crippen LogP contribution in [0.2, 0.25) is 0 Å². The average Bonchev–Trinajstić information content (AvgIpc) is 2.31. The number of hydrogen-bond acceptors (Lipinski definition) is 3. The van der Waals surface area contributed by atoms with Gasteiger partial charge >= 0.3 is 5.97 Å². The predicted octanol–water partition coefficient (Wildman–Crippen LogP) is 1.73. The highest BCUT2D eigenvalue weighted by atomic mass is 79.9. The van der Waals surface area contributed by atoms with Gasteiger partial charge in [-0.3, -0.25) is 14.4 Å². The Morgan fingerprint density at radius 2 is 2.00 bits per heavy atom. The molecular weight excluding hydrogens is 316 g/mol. The first kappa shape index (κ1) is 15.4. The number of anilines is 1. The van der Waals surface area contributed by atoms with Crippen LogP contribution in [-0.2, 0) is 16.6 Å². The van der Waals surface area contributed by atoms with Crippen molar-refractivity contribution < 1.29 is 14.7 Å². The molecule has 0 unspecified atom stereocenters. The number of rotatable bonds is 6. The van der Waals surface area contributed by atoms with Crippen molar-refractivity contribution in [1.82, 2.24) is 4.57 Å². The number of aliphatic carboxylic acids is 1. The molecule has 1 aromatic heterocycles. The summed E-state index contributed by atoms with van der Waals surface area (Å²) < 4.78 is 1.74. The van der Waals surface area contributed by atoms with Crippen molar-refractivity contribution in [2.75, 3.05) is 5.32 Å². The summed E-state index contributed by atoms with van der Waals surface area (Å²) in [5.74, 6) is -1.06. The lowest BCUT2D eigenvalue weighted by molar-refractivity contribution is -0.137. The summed E-state index contributed by atoms with van der Waals surface area (Å²) in [4.78, 5) is 33.3. The fourth-order valence-corrected chi connectivity index (χ4v) is 2.05. The fourth-order valence-electron chi connectivity index (χ4n) is 1.52. The lowest BCUT2D eigenvalue weighted by Gasteiger charge is -2.07. The Balaban J connectivity index is 2.49. The number of nitrogens with zero attached hydrogens (tertiary/aromatic N) is 1. The highest BCUT2D eigenvalue weighted by Gasteiger charge is 2.06. The first-order valence-corrected chi connectivity index (χ1v) is 6.57. The highest BCUT2D eigenvalue weighted by Crippen LogP contribution is 2.12. The number of pyridine rings is 1. The van der Waals surface area contributed by atoms with E-state index in [4.69, 9.17) is 5.11 Å². The SMILES string of the molecule is Cn1cc(NC(=O)CCCCC(=O)O)cc(Br)c1=O. The number of hydrogen-bond donors (Lipinski definition) is 2. The van der Waals surface area contributed by atoms with E-state index in [-0.39, 0.29) is 24.3 Å². The maximum Gasteiger partial charge on any atom is 0.303 e. The van der Waals surface area contributed by atoms with Crippen LogP contribution in [0.5, 0.6) is 0 Å². The molecule has 1 rings (SSSR count). The lowest BCUT2D eigenvalue weighted by atomic mass is 10.2. The van der Waals surface area contributed by atoms with E-state index in [2.05, 4.69) is 21.2 Å². The molecule has 0 spiro atoms. The molecule has 2 N–H and O–H groups in total. The minimum atomic E-state index is -0.859. The van der Waals surface area contributed by atoms with Crippen LogP contribution in [0.25, 0.3) is 0 Å². The quantitative estimate of drug-likeness (QED) is 0.777. The number of aryl methyl sites for hydroxylation is 1. The maximum absolute atomic E-state index is 11.6. The molecule has 104 valence electrons. The van der Waals surface area contributed by atoms with E-state index in [1.807, 2.05) is 0 Å². The van der Waals surface area contributed by atoms with E-state index < -0.39 is 5.97 Å². The van der Waals surface area contributed by atoms with Crippen molar-refractivity contribution in [1.29, 1.82) is 0 Å². The Hall–Kier alpha value is -1.63. The molecule has 0 radical (unpaired) electrons. The molecule has 1 amide bonds. The molecule has 0 aliphatic rings. The van der Waals surface area contributed by atoms with Crippen molar-refractivity contribution in [3.63, 3.8) is 0 Å². The predicted molar refractivity (Wildman–Crippen MR) is 74.1 cm³/mol. The molecule has 0 saturated carbocycles. The smallest absolute Gasteiger partial charge is 0.303 e. The van der Waals surface area contributed by atoms with E-state index in [0.717, 1.165) is 0 Å². The minimum absolute atomic E-state index is 0.0681. The molecule has 0 fully saturated rings. The molecule has 0 aliphatic heterocycles. The Labute approximate surface area is 118 Å². The first-order valence-electron chi connectivity index (χ1n) is 5.78. The summed E-state index contributed by atoms with van der Waals surface area (Å²) in [6.45, 7) is 0. The molecule has 1 heterocycles. The molecular formula is C12H15BrN2O4. The number of carbonyl (C=O) groups is 2.